The average Bonchev–Trinajstić information content (AvgIpc) is 3.17. The molecule has 136 valence electrons. The van der Waals surface area contributed by atoms with Crippen LogP contribution < -0.4 is 10.5 Å². The predicted molar refractivity (Wildman–Crippen MR) is 102 cm³/mol. The summed E-state index contributed by atoms with van der Waals surface area (Å²) >= 11 is 1.31. The highest BCUT2D eigenvalue weighted by molar-refractivity contribution is 7.10. The van der Waals surface area contributed by atoms with Crippen molar-refractivity contribution in [3.8, 4) is 5.75 Å². The Kier molecular flexibility index (Phi) is 5.22. The second-order valence-electron chi connectivity index (χ2n) is 5.82. The SMILES string of the molecule is CCc1c(Cc2scc(OC)c2[N+](=O)[O-])nn(Cc2ccccc2)c1N. The van der Waals surface area contributed by atoms with E-state index in [0.29, 0.717) is 30.1 Å². The summed E-state index contributed by atoms with van der Waals surface area (Å²) in [5.74, 6) is 0.891. The van der Waals surface area contributed by atoms with E-state index in [9.17, 15) is 10.1 Å². The van der Waals surface area contributed by atoms with Gasteiger partial charge in [-0.05, 0) is 12.0 Å². The van der Waals surface area contributed by atoms with Crippen molar-refractivity contribution in [2.45, 2.75) is 26.3 Å². The monoisotopic (exact) mass is 372 g/mol. The number of ether oxygens (including phenoxy) is 1. The Morgan fingerprint density at radius 2 is 2.08 bits per heavy atom. The van der Waals surface area contributed by atoms with E-state index in [0.717, 1.165) is 16.8 Å². The number of thiophene rings is 1. The van der Waals surface area contributed by atoms with Gasteiger partial charge >= 0.3 is 5.69 Å². The number of nitrogens with zero attached hydrogens (tertiary/aromatic N) is 3. The van der Waals surface area contributed by atoms with E-state index in [-0.39, 0.29) is 11.4 Å². The maximum absolute atomic E-state index is 11.4. The maximum atomic E-state index is 11.4. The number of nitrogen functional groups attached to an aromatic ring is 1. The van der Waals surface area contributed by atoms with Crippen molar-refractivity contribution in [2.75, 3.05) is 12.8 Å². The lowest BCUT2D eigenvalue weighted by Crippen LogP contribution is -2.06. The van der Waals surface area contributed by atoms with E-state index in [2.05, 4.69) is 5.10 Å². The molecule has 7 nitrogen and oxygen atoms in total. The molecule has 0 radical (unpaired) electrons. The first-order valence-electron chi connectivity index (χ1n) is 8.21. The van der Waals surface area contributed by atoms with Crippen LogP contribution in [0, 0.1) is 10.1 Å². The molecule has 0 bridgehead atoms. The summed E-state index contributed by atoms with van der Waals surface area (Å²) < 4.78 is 6.87. The Morgan fingerprint density at radius 1 is 1.35 bits per heavy atom. The van der Waals surface area contributed by atoms with E-state index >= 15 is 0 Å². The van der Waals surface area contributed by atoms with E-state index < -0.39 is 4.92 Å². The lowest BCUT2D eigenvalue weighted by atomic mass is 10.1. The topological polar surface area (TPSA) is 96.2 Å². The summed E-state index contributed by atoms with van der Waals surface area (Å²) in [5, 5.41) is 17.7. The van der Waals surface area contributed by atoms with E-state index in [1.165, 1.54) is 18.4 Å². The lowest BCUT2D eigenvalue weighted by Gasteiger charge is -2.04. The summed E-state index contributed by atoms with van der Waals surface area (Å²) in [5.41, 5.74) is 9.10. The molecule has 0 saturated heterocycles. The highest BCUT2D eigenvalue weighted by Crippen LogP contribution is 2.38. The molecule has 0 spiro atoms. The van der Waals surface area contributed by atoms with Gasteiger partial charge in [-0.15, -0.1) is 11.3 Å². The van der Waals surface area contributed by atoms with Gasteiger partial charge < -0.3 is 10.5 Å². The number of methoxy groups -OCH3 is 1. The molecule has 0 amide bonds. The van der Waals surface area contributed by atoms with E-state index in [4.69, 9.17) is 10.5 Å². The number of aromatic nitrogens is 2. The quantitative estimate of drug-likeness (QED) is 0.504. The summed E-state index contributed by atoms with van der Waals surface area (Å²) in [6.07, 6.45) is 1.08. The Balaban J connectivity index is 1.95. The number of benzene rings is 1. The van der Waals surface area contributed by atoms with Gasteiger partial charge in [-0.25, -0.2) is 4.68 Å². The molecule has 0 aliphatic carbocycles. The van der Waals surface area contributed by atoms with Crippen molar-refractivity contribution in [1.82, 2.24) is 9.78 Å². The molecular weight excluding hydrogens is 352 g/mol. The zero-order valence-electron chi connectivity index (χ0n) is 14.6. The van der Waals surface area contributed by atoms with Gasteiger partial charge in [0.1, 0.15) is 5.82 Å². The third-order valence-corrected chi connectivity index (χ3v) is 5.20. The molecule has 3 aromatic rings. The van der Waals surface area contributed by atoms with Crippen molar-refractivity contribution in [3.05, 3.63) is 67.5 Å². The number of nitrogens with two attached hydrogens (primary N) is 1. The molecule has 2 N–H and O–H groups in total. The fraction of sp³-hybridized carbons (Fsp3) is 0.278. The van der Waals surface area contributed by atoms with Crippen LogP contribution in [0.2, 0.25) is 0 Å². The molecule has 1 aromatic carbocycles. The van der Waals surface area contributed by atoms with E-state index in [1.54, 1.807) is 10.1 Å². The molecule has 0 aliphatic heterocycles. The largest absolute Gasteiger partial charge is 0.490 e. The molecular formula is C18H20N4O3S. The smallest absolute Gasteiger partial charge is 0.325 e. The molecule has 26 heavy (non-hydrogen) atoms. The van der Waals surface area contributed by atoms with Crippen LogP contribution in [-0.4, -0.2) is 21.8 Å². The maximum Gasteiger partial charge on any atom is 0.325 e. The molecule has 0 unspecified atom stereocenters. The lowest BCUT2D eigenvalue weighted by molar-refractivity contribution is -0.386. The summed E-state index contributed by atoms with van der Waals surface area (Å²) in [4.78, 5) is 11.6. The van der Waals surface area contributed by atoms with Gasteiger partial charge in [0.05, 0.1) is 29.1 Å². The first kappa shape index (κ1) is 17.9. The van der Waals surface area contributed by atoms with Crippen molar-refractivity contribution in [3.63, 3.8) is 0 Å². The number of rotatable bonds is 7. The molecule has 0 fully saturated rings. The molecule has 0 aliphatic rings. The van der Waals surface area contributed by atoms with Crippen molar-refractivity contribution >= 4 is 22.8 Å². The number of hydrogen-bond donors (Lipinski definition) is 1. The third-order valence-electron chi connectivity index (χ3n) is 4.24. The predicted octanol–water partition coefficient (Wildman–Crippen LogP) is 3.65. The minimum Gasteiger partial charge on any atom is -0.490 e. The molecule has 8 heteroatoms. The fourth-order valence-corrected chi connectivity index (χ4v) is 3.92. The first-order chi connectivity index (χ1) is 12.5. The molecule has 0 saturated carbocycles. The molecule has 2 heterocycles. The number of anilines is 1. The third kappa shape index (κ3) is 3.41. The zero-order chi connectivity index (χ0) is 18.7. The molecule has 0 atom stereocenters. The van der Waals surface area contributed by atoms with Crippen molar-refractivity contribution in [1.29, 1.82) is 0 Å². The van der Waals surface area contributed by atoms with Gasteiger partial charge in [0, 0.05) is 17.4 Å². The number of hydrogen-bond acceptors (Lipinski definition) is 6. The summed E-state index contributed by atoms with van der Waals surface area (Å²) in [6, 6.07) is 9.93. The fourth-order valence-electron chi connectivity index (χ4n) is 2.96. The van der Waals surface area contributed by atoms with Gasteiger partial charge in [0.15, 0.2) is 0 Å². The Labute approximate surface area is 155 Å². The first-order valence-corrected chi connectivity index (χ1v) is 9.09. The van der Waals surface area contributed by atoms with Crippen LogP contribution in [-0.2, 0) is 19.4 Å². The highest BCUT2D eigenvalue weighted by atomic mass is 32.1. The van der Waals surface area contributed by atoms with Crippen LogP contribution >= 0.6 is 11.3 Å². The number of nitro groups is 1. The van der Waals surface area contributed by atoms with E-state index in [1.807, 2.05) is 37.3 Å². The van der Waals surface area contributed by atoms with Crippen LogP contribution in [0.5, 0.6) is 5.75 Å². The van der Waals surface area contributed by atoms with Crippen molar-refractivity contribution < 1.29 is 9.66 Å². The van der Waals surface area contributed by atoms with Gasteiger partial charge in [-0.3, -0.25) is 10.1 Å². The van der Waals surface area contributed by atoms with Crippen LogP contribution in [0.4, 0.5) is 11.5 Å². The summed E-state index contributed by atoms with van der Waals surface area (Å²) in [6.45, 7) is 2.57. The normalized spacial score (nSPS) is 10.8. The van der Waals surface area contributed by atoms with Crippen LogP contribution in [0.15, 0.2) is 35.7 Å². The summed E-state index contributed by atoms with van der Waals surface area (Å²) in [7, 11) is 1.43. The Morgan fingerprint density at radius 3 is 2.69 bits per heavy atom. The van der Waals surface area contributed by atoms with Gasteiger partial charge in [0.25, 0.3) is 0 Å². The second-order valence-corrected chi connectivity index (χ2v) is 6.78. The van der Waals surface area contributed by atoms with Crippen LogP contribution in [0.3, 0.4) is 0 Å². The minimum absolute atomic E-state index is 0.00994. The van der Waals surface area contributed by atoms with Gasteiger partial charge in [0.2, 0.25) is 5.75 Å². The highest BCUT2D eigenvalue weighted by Gasteiger charge is 2.26. The van der Waals surface area contributed by atoms with Crippen LogP contribution in [0.1, 0.15) is 28.6 Å². The average molecular weight is 372 g/mol. The Bertz CT molecular complexity index is 918. The molecule has 3 rings (SSSR count). The molecule has 2 aromatic heterocycles. The van der Waals surface area contributed by atoms with Crippen LogP contribution in [0.25, 0.3) is 0 Å². The minimum atomic E-state index is -0.402. The van der Waals surface area contributed by atoms with Gasteiger partial charge in [-0.1, -0.05) is 37.3 Å². The Hall–Kier alpha value is -2.87. The zero-order valence-corrected chi connectivity index (χ0v) is 15.5. The van der Waals surface area contributed by atoms with Crippen molar-refractivity contribution in [2.24, 2.45) is 0 Å². The second kappa shape index (κ2) is 7.57. The standard InChI is InChI=1S/C18H20N4O3S/c1-3-13-14(9-16-17(22(23)24)15(25-2)11-26-16)20-21(18(13)19)10-12-7-5-4-6-8-12/h4-8,11H,3,9-10,19H2,1-2H3. The van der Waals surface area contributed by atoms with Gasteiger partial charge in [-0.2, -0.15) is 5.10 Å².